The maximum absolute atomic E-state index is 12.7. The van der Waals surface area contributed by atoms with Crippen molar-refractivity contribution >= 4 is 22.4 Å². The van der Waals surface area contributed by atoms with Gasteiger partial charge < -0.3 is 14.8 Å². The number of nitrogens with zero attached hydrogens (tertiary/aromatic N) is 2. The second-order valence-corrected chi connectivity index (χ2v) is 6.25. The van der Waals surface area contributed by atoms with E-state index in [0.29, 0.717) is 0 Å². The zero-order chi connectivity index (χ0) is 16.4. The quantitative estimate of drug-likeness (QED) is 0.943. The minimum absolute atomic E-state index is 0.0612. The van der Waals surface area contributed by atoms with Crippen LogP contribution in [0.25, 0.3) is 16.5 Å². The number of hydrogen-bond donors (Lipinski definition) is 1. The first kappa shape index (κ1) is 15.8. The molecule has 0 radical (unpaired) electrons. The third-order valence-corrected chi connectivity index (χ3v) is 4.68. The fourth-order valence-electron chi connectivity index (χ4n) is 3.49. The Balaban J connectivity index is 1.98. The second-order valence-electron chi connectivity index (χ2n) is 6.25. The summed E-state index contributed by atoms with van der Waals surface area (Å²) in [7, 11) is 2.09. The van der Waals surface area contributed by atoms with Gasteiger partial charge in [0.1, 0.15) is 0 Å². The predicted molar refractivity (Wildman–Crippen MR) is 95.2 cm³/mol. The van der Waals surface area contributed by atoms with Gasteiger partial charge in [-0.3, -0.25) is 4.79 Å². The largest absolute Gasteiger partial charge is 0.361 e. The molecule has 1 aliphatic heterocycles. The lowest BCUT2D eigenvalue weighted by Gasteiger charge is -2.32. The molecule has 122 valence electrons. The normalized spacial score (nSPS) is 18.9. The van der Waals surface area contributed by atoms with Crippen molar-refractivity contribution in [2.24, 2.45) is 5.92 Å². The van der Waals surface area contributed by atoms with Gasteiger partial charge in [-0.25, -0.2) is 0 Å². The number of para-hydroxylation sites is 1. The molecule has 1 aliphatic rings. The molecule has 23 heavy (non-hydrogen) atoms. The average molecular weight is 311 g/mol. The number of carbonyl (C=O) groups excluding carboxylic acids is 1. The Hall–Kier alpha value is -2.07. The van der Waals surface area contributed by atoms with E-state index >= 15 is 0 Å². The Labute approximate surface area is 137 Å². The fraction of sp³-hybridized carbons (Fsp3) is 0.421. The van der Waals surface area contributed by atoms with Gasteiger partial charge in [-0.1, -0.05) is 24.3 Å². The molecule has 1 N–H and O–H groups in total. The molecule has 4 heteroatoms. The van der Waals surface area contributed by atoms with E-state index < -0.39 is 0 Å². The van der Waals surface area contributed by atoms with Crippen LogP contribution in [-0.4, -0.2) is 53.9 Å². The molecule has 2 aromatic rings. The molecule has 1 aromatic carbocycles. The maximum atomic E-state index is 12.7. The number of likely N-dealkylation sites (N-methyl/N-ethyl adjacent to an activating group) is 1. The van der Waals surface area contributed by atoms with Crippen LogP contribution in [0.4, 0.5) is 0 Å². The highest BCUT2D eigenvalue weighted by Gasteiger charge is 2.27. The van der Waals surface area contributed by atoms with E-state index in [1.165, 1.54) is 16.5 Å². The number of carbonyl (C=O) groups is 1. The zero-order valence-electron chi connectivity index (χ0n) is 14.2. The molecule has 0 bridgehead atoms. The van der Waals surface area contributed by atoms with Crippen LogP contribution in [-0.2, 0) is 4.79 Å². The highest BCUT2D eigenvalue weighted by atomic mass is 16.2. The van der Waals surface area contributed by atoms with E-state index in [2.05, 4.69) is 47.3 Å². The monoisotopic (exact) mass is 311 g/mol. The van der Waals surface area contributed by atoms with Crippen molar-refractivity contribution in [2.45, 2.75) is 13.8 Å². The Morgan fingerprint density at radius 1 is 1.30 bits per heavy atom. The maximum Gasteiger partial charge on any atom is 0.230 e. The lowest BCUT2D eigenvalue weighted by atomic mass is 9.93. The number of aromatic amines is 1. The van der Waals surface area contributed by atoms with Crippen LogP contribution in [0.2, 0.25) is 0 Å². The number of benzene rings is 1. The van der Waals surface area contributed by atoms with Crippen molar-refractivity contribution in [3.63, 3.8) is 0 Å². The predicted octanol–water partition coefficient (Wildman–Crippen LogP) is 2.98. The molecule has 1 aromatic heterocycles. The minimum atomic E-state index is -0.0612. The summed E-state index contributed by atoms with van der Waals surface area (Å²) in [6, 6.07) is 8.43. The molecule has 0 aliphatic carbocycles. The van der Waals surface area contributed by atoms with E-state index in [4.69, 9.17) is 0 Å². The van der Waals surface area contributed by atoms with Crippen LogP contribution < -0.4 is 0 Å². The highest BCUT2D eigenvalue weighted by Crippen LogP contribution is 2.29. The van der Waals surface area contributed by atoms with E-state index in [1.54, 1.807) is 0 Å². The Morgan fingerprint density at radius 2 is 2.09 bits per heavy atom. The minimum Gasteiger partial charge on any atom is -0.361 e. The third-order valence-electron chi connectivity index (χ3n) is 4.68. The number of H-pyrrole nitrogens is 1. The van der Waals surface area contributed by atoms with Crippen molar-refractivity contribution in [3.05, 3.63) is 42.1 Å². The molecular formula is C19H25N3O. The molecule has 0 saturated heterocycles. The van der Waals surface area contributed by atoms with Crippen molar-refractivity contribution in [3.8, 4) is 0 Å². The summed E-state index contributed by atoms with van der Waals surface area (Å²) in [4.78, 5) is 20.2. The number of aromatic nitrogens is 1. The van der Waals surface area contributed by atoms with E-state index in [1.807, 2.05) is 24.9 Å². The molecular weight excluding hydrogens is 286 g/mol. The lowest BCUT2D eigenvalue weighted by Crippen LogP contribution is -2.42. The van der Waals surface area contributed by atoms with Crippen LogP contribution in [0.3, 0.4) is 0 Å². The molecule has 1 amide bonds. The van der Waals surface area contributed by atoms with E-state index in [-0.39, 0.29) is 11.8 Å². The van der Waals surface area contributed by atoms with E-state index in [9.17, 15) is 4.79 Å². The summed E-state index contributed by atoms with van der Waals surface area (Å²) >= 11 is 0. The van der Waals surface area contributed by atoms with Gasteiger partial charge in [0.05, 0.1) is 11.4 Å². The van der Waals surface area contributed by atoms with Crippen LogP contribution in [0.1, 0.15) is 19.4 Å². The van der Waals surface area contributed by atoms with Crippen molar-refractivity contribution in [1.29, 1.82) is 0 Å². The zero-order valence-corrected chi connectivity index (χ0v) is 14.2. The Morgan fingerprint density at radius 3 is 2.83 bits per heavy atom. The molecule has 1 atom stereocenters. The molecule has 0 fully saturated rings. The van der Waals surface area contributed by atoms with Gasteiger partial charge in [0.15, 0.2) is 0 Å². The highest BCUT2D eigenvalue weighted by molar-refractivity contribution is 5.93. The number of amides is 1. The number of hydrogen-bond acceptors (Lipinski definition) is 2. The van der Waals surface area contributed by atoms with Crippen LogP contribution >= 0.6 is 0 Å². The molecule has 2 heterocycles. The van der Waals surface area contributed by atoms with E-state index in [0.717, 1.165) is 31.7 Å². The summed E-state index contributed by atoms with van der Waals surface area (Å²) in [5, 5.41) is 1.21. The van der Waals surface area contributed by atoms with Crippen LogP contribution in [0, 0.1) is 5.92 Å². The summed E-state index contributed by atoms with van der Waals surface area (Å²) in [6.07, 6.45) is 4.15. The Bertz CT molecular complexity index is 727. The topological polar surface area (TPSA) is 39.3 Å². The van der Waals surface area contributed by atoms with Gasteiger partial charge in [-0.05, 0) is 37.9 Å². The van der Waals surface area contributed by atoms with Crippen molar-refractivity contribution < 1.29 is 4.79 Å². The standard InChI is InChI=1S/C19H25N3O/c1-4-22(5-2)19(23)16-11-15(12-21(3)13-16)17-8-6-7-14-9-10-20-18(14)17/h6-11,16,20H,4-5,12-13H2,1-3H3/t16-/m1/s1. The third kappa shape index (κ3) is 3.04. The second kappa shape index (κ2) is 6.59. The first-order chi connectivity index (χ1) is 11.1. The van der Waals surface area contributed by atoms with Gasteiger partial charge >= 0.3 is 0 Å². The summed E-state index contributed by atoms with van der Waals surface area (Å²) in [5.41, 5.74) is 3.59. The van der Waals surface area contributed by atoms with Crippen LogP contribution in [0.15, 0.2) is 36.5 Å². The van der Waals surface area contributed by atoms with Gasteiger partial charge in [-0.2, -0.15) is 0 Å². The average Bonchev–Trinajstić information content (AvgIpc) is 3.03. The van der Waals surface area contributed by atoms with Crippen LogP contribution in [0.5, 0.6) is 0 Å². The lowest BCUT2D eigenvalue weighted by molar-refractivity contribution is -0.134. The van der Waals surface area contributed by atoms with Gasteiger partial charge in [0.2, 0.25) is 5.91 Å². The van der Waals surface area contributed by atoms with Gasteiger partial charge in [0, 0.05) is 37.9 Å². The van der Waals surface area contributed by atoms with Gasteiger partial charge in [0.25, 0.3) is 0 Å². The fourth-order valence-corrected chi connectivity index (χ4v) is 3.49. The SMILES string of the molecule is CCN(CC)C(=O)[C@@H]1C=C(c2cccc3cc[nH]c23)CN(C)C1. The van der Waals surface area contributed by atoms with Crippen molar-refractivity contribution in [1.82, 2.24) is 14.8 Å². The number of rotatable bonds is 4. The molecule has 4 nitrogen and oxygen atoms in total. The first-order valence-electron chi connectivity index (χ1n) is 8.38. The summed E-state index contributed by atoms with van der Waals surface area (Å²) in [5.74, 6) is 0.173. The molecule has 3 rings (SSSR count). The Kier molecular flexibility index (Phi) is 4.53. The molecule has 0 saturated carbocycles. The summed E-state index contributed by atoms with van der Waals surface area (Å²) < 4.78 is 0. The van der Waals surface area contributed by atoms with Gasteiger partial charge in [-0.15, -0.1) is 0 Å². The summed E-state index contributed by atoms with van der Waals surface area (Å²) in [6.45, 7) is 7.28. The smallest absolute Gasteiger partial charge is 0.230 e. The number of fused-ring (bicyclic) bond motifs is 1. The number of nitrogens with one attached hydrogen (secondary N) is 1. The molecule has 0 spiro atoms. The van der Waals surface area contributed by atoms with Crippen molar-refractivity contribution in [2.75, 3.05) is 33.2 Å². The molecule has 0 unspecified atom stereocenters. The first-order valence-corrected chi connectivity index (χ1v) is 8.38.